The fraction of sp³-hybridized carbons (Fsp3) is 0.200. The molecule has 1 aliphatic heterocycles. The number of carbonyl (C=O) groups is 2. The average molecular weight is 191 g/mol. The molecule has 0 saturated heterocycles. The number of nitrogens with one attached hydrogen (secondary N) is 1. The van der Waals surface area contributed by atoms with E-state index in [0.29, 0.717) is 5.69 Å². The number of rotatable bonds is 0. The van der Waals surface area contributed by atoms with Crippen LogP contribution in [0, 0.1) is 0 Å². The van der Waals surface area contributed by atoms with E-state index in [9.17, 15) is 9.59 Å². The second kappa shape index (κ2) is 3.49. The van der Waals surface area contributed by atoms with Crippen LogP contribution in [0.3, 0.4) is 0 Å². The molecule has 0 unspecified atom stereocenters. The van der Waals surface area contributed by atoms with Gasteiger partial charge in [0.15, 0.2) is 0 Å². The first-order valence-electron chi connectivity index (χ1n) is 4.29. The number of benzene rings is 1. The molecule has 1 heterocycles. The molecule has 0 aromatic heterocycles. The lowest BCUT2D eigenvalue weighted by Gasteiger charge is -2.14. The summed E-state index contributed by atoms with van der Waals surface area (Å²) in [6.07, 6.45) is -0.214. The van der Waals surface area contributed by atoms with Crippen molar-refractivity contribution in [1.29, 1.82) is 0 Å². The molecule has 0 aliphatic carbocycles. The first kappa shape index (κ1) is 8.74. The highest BCUT2D eigenvalue weighted by Gasteiger charge is 2.16. The standard InChI is InChI=1S/C10H9NO3/c12-9-5-10(13)14-6-7-3-1-2-4-8(7)11-9/h1-4H,5-6H2,(H,11,12). The van der Waals surface area contributed by atoms with E-state index in [1.54, 1.807) is 6.07 Å². The number of anilines is 1. The molecule has 1 N–H and O–H groups in total. The molecule has 14 heavy (non-hydrogen) atoms. The first-order valence-corrected chi connectivity index (χ1v) is 4.29. The second-order valence-electron chi connectivity index (χ2n) is 3.04. The van der Waals surface area contributed by atoms with Crippen LogP contribution in [-0.2, 0) is 20.9 Å². The number of carbonyl (C=O) groups excluding carboxylic acids is 2. The summed E-state index contributed by atoms with van der Waals surface area (Å²) in [6, 6.07) is 7.25. The van der Waals surface area contributed by atoms with Gasteiger partial charge in [-0.05, 0) is 6.07 Å². The molecule has 1 aromatic rings. The zero-order valence-corrected chi connectivity index (χ0v) is 7.45. The molecule has 4 heteroatoms. The van der Waals surface area contributed by atoms with Crippen LogP contribution >= 0.6 is 0 Å². The highest BCUT2D eigenvalue weighted by molar-refractivity contribution is 6.02. The third kappa shape index (κ3) is 1.74. The van der Waals surface area contributed by atoms with Gasteiger partial charge in [0.25, 0.3) is 0 Å². The van der Waals surface area contributed by atoms with Gasteiger partial charge in [-0.2, -0.15) is 0 Å². The number of cyclic esters (lactones) is 1. The molecule has 0 spiro atoms. The fourth-order valence-corrected chi connectivity index (χ4v) is 1.30. The van der Waals surface area contributed by atoms with Crippen LogP contribution in [0.4, 0.5) is 5.69 Å². The Morgan fingerprint density at radius 1 is 1.21 bits per heavy atom. The van der Waals surface area contributed by atoms with Gasteiger partial charge in [-0.1, -0.05) is 18.2 Å². The number of esters is 1. The Hall–Kier alpha value is -1.84. The summed E-state index contributed by atoms with van der Waals surface area (Å²) in [7, 11) is 0. The summed E-state index contributed by atoms with van der Waals surface area (Å²) in [4.78, 5) is 22.2. The van der Waals surface area contributed by atoms with Crippen molar-refractivity contribution in [3.8, 4) is 0 Å². The SMILES string of the molecule is O=C1CC(=O)OCc2ccccc2N1. The number of amides is 1. The maximum Gasteiger partial charge on any atom is 0.315 e. The molecule has 0 atom stereocenters. The van der Waals surface area contributed by atoms with Gasteiger partial charge >= 0.3 is 5.97 Å². The molecule has 2 rings (SSSR count). The lowest BCUT2D eigenvalue weighted by Crippen LogP contribution is -2.21. The van der Waals surface area contributed by atoms with Crippen LogP contribution in [-0.4, -0.2) is 11.9 Å². The van der Waals surface area contributed by atoms with Crippen molar-refractivity contribution in [1.82, 2.24) is 0 Å². The van der Waals surface area contributed by atoms with Crippen LogP contribution in [0.1, 0.15) is 12.0 Å². The van der Waals surface area contributed by atoms with Gasteiger partial charge in [0.2, 0.25) is 5.91 Å². The van der Waals surface area contributed by atoms with Crippen molar-refractivity contribution in [2.45, 2.75) is 13.0 Å². The van der Waals surface area contributed by atoms with Gasteiger partial charge in [-0.25, -0.2) is 0 Å². The van der Waals surface area contributed by atoms with Crippen molar-refractivity contribution in [3.05, 3.63) is 29.8 Å². The number of hydrogen-bond donors (Lipinski definition) is 1. The highest BCUT2D eigenvalue weighted by atomic mass is 16.5. The topological polar surface area (TPSA) is 55.4 Å². The van der Waals surface area contributed by atoms with E-state index < -0.39 is 5.97 Å². The molecule has 1 aliphatic rings. The average Bonchev–Trinajstić information content (AvgIpc) is 2.14. The summed E-state index contributed by atoms with van der Waals surface area (Å²) >= 11 is 0. The molecule has 1 aromatic carbocycles. The molecular formula is C10H9NO3. The molecule has 1 amide bonds. The van der Waals surface area contributed by atoms with E-state index in [0.717, 1.165) is 5.56 Å². The zero-order valence-electron chi connectivity index (χ0n) is 7.45. The van der Waals surface area contributed by atoms with E-state index >= 15 is 0 Å². The molecule has 72 valence electrons. The van der Waals surface area contributed by atoms with Crippen molar-refractivity contribution in [2.75, 3.05) is 5.32 Å². The van der Waals surface area contributed by atoms with E-state index in [-0.39, 0.29) is 18.9 Å². The smallest absolute Gasteiger partial charge is 0.315 e. The molecule has 0 bridgehead atoms. The summed E-state index contributed by atoms with van der Waals surface area (Å²) in [6.45, 7) is 0.218. The van der Waals surface area contributed by atoms with Crippen molar-refractivity contribution >= 4 is 17.6 Å². The number of fused-ring (bicyclic) bond motifs is 1. The van der Waals surface area contributed by atoms with Gasteiger partial charge in [-0.15, -0.1) is 0 Å². The summed E-state index contributed by atoms with van der Waals surface area (Å²) in [5.41, 5.74) is 1.53. The molecule has 0 radical (unpaired) electrons. The lowest BCUT2D eigenvalue weighted by atomic mass is 10.1. The Morgan fingerprint density at radius 3 is 2.86 bits per heavy atom. The van der Waals surface area contributed by atoms with Gasteiger partial charge in [0.05, 0.1) is 0 Å². The van der Waals surface area contributed by atoms with E-state index in [4.69, 9.17) is 4.74 Å². The third-order valence-electron chi connectivity index (χ3n) is 1.99. The van der Waals surface area contributed by atoms with Gasteiger partial charge < -0.3 is 10.1 Å². The van der Waals surface area contributed by atoms with Gasteiger partial charge in [0, 0.05) is 11.3 Å². The number of hydrogen-bond acceptors (Lipinski definition) is 3. The van der Waals surface area contributed by atoms with Crippen molar-refractivity contribution < 1.29 is 14.3 Å². The normalized spacial score (nSPS) is 16.0. The molecule has 0 fully saturated rings. The molecule has 0 saturated carbocycles. The zero-order chi connectivity index (χ0) is 9.97. The Labute approximate surface area is 80.9 Å². The Kier molecular flexibility index (Phi) is 2.18. The largest absolute Gasteiger partial charge is 0.460 e. The van der Waals surface area contributed by atoms with Gasteiger partial charge in [-0.3, -0.25) is 9.59 Å². The Balaban J connectivity index is 2.33. The minimum atomic E-state index is -0.489. The van der Waals surface area contributed by atoms with Crippen molar-refractivity contribution in [2.24, 2.45) is 0 Å². The van der Waals surface area contributed by atoms with E-state index in [2.05, 4.69) is 5.32 Å². The summed E-state index contributed by atoms with van der Waals surface area (Å²) in [5, 5.41) is 2.65. The number of ether oxygens (including phenoxy) is 1. The monoisotopic (exact) mass is 191 g/mol. The predicted molar refractivity (Wildman–Crippen MR) is 49.5 cm³/mol. The van der Waals surface area contributed by atoms with Crippen LogP contribution in [0.2, 0.25) is 0 Å². The number of para-hydroxylation sites is 1. The Bertz CT molecular complexity index is 387. The first-order chi connectivity index (χ1) is 6.75. The quantitative estimate of drug-likeness (QED) is 0.493. The van der Waals surface area contributed by atoms with Gasteiger partial charge in [0.1, 0.15) is 13.0 Å². The van der Waals surface area contributed by atoms with E-state index in [1.165, 1.54) is 0 Å². The van der Waals surface area contributed by atoms with Crippen LogP contribution in [0.25, 0.3) is 0 Å². The summed E-state index contributed by atoms with van der Waals surface area (Å²) < 4.78 is 4.88. The van der Waals surface area contributed by atoms with E-state index in [1.807, 2.05) is 18.2 Å². The highest BCUT2D eigenvalue weighted by Crippen LogP contribution is 2.18. The predicted octanol–water partition coefficient (Wildman–Crippen LogP) is 1.07. The van der Waals surface area contributed by atoms with Crippen LogP contribution in [0.15, 0.2) is 24.3 Å². The lowest BCUT2D eigenvalue weighted by molar-refractivity contribution is -0.147. The maximum atomic E-state index is 11.2. The second-order valence-corrected chi connectivity index (χ2v) is 3.04. The third-order valence-corrected chi connectivity index (χ3v) is 1.99. The minimum Gasteiger partial charge on any atom is -0.460 e. The fourth-order valence-electron chi connectivity index (χ4n) is 1.30. The van der Waals surface area contributed by atoms with Crippen LogP contribution in [0.5, 0.6) is 0 Å². The minimum absolute atomic E-state index is 0.214. The summed E-state index contributed by atoms with van der Waals surface area (Å²) in [5.74, 6) is -0.820. The molecule has 4 nitrogen and oxygen atoms in total. The molecular weight excluding hydrogens is 182 g/mol. The van der Waals surface area contributed by atoms with Crippen LogP contribution < -0.4 is 5.32 Å². The Morgan fingerprint density at radius 2 is 2.00 bits per heavy atom. The van der Waals surface area contributed by atoms with Crippen molar-refractivity contribution in [3.63, 3.8) is 0 Å². The maximum absolute atomic E-state index is 11.2.